The van der Waals surface area contributed by atoms with Crippen molar-refractivity contribution >= 4 is 11.6 Å². The van der Waals surface area contributed by atoms with Gasteiger partial charge in [-0.3, -0.25) is 4.79 Å². The van der Waals surface area contributed by atoms with Gasteiger partial charge in [0.05, 0.1) is 18.3 Å². The number of hydrogen-bond acceptors (Lipinski definition) is 4. The molecule has 0 saturated heterocycles. The average molecular weight is 306 g/mol. The molecule has 5 nitrogen and oxygen atoms in total. The zero-order valence-corrected chi connectivity index (χ0v) is 13.4. The molecule has 0 aromatic heterocycles. The molecule has 0 spiro atoms. The van der Waals surface area contributed by atoms with E-state index < -0.39 is 6.10 Å². The minimum Gasteiger partial charge on any atom is -0.486 e. The Kier molecular flexibility index (Phi) is 5.80. The quantitative estimate of drug-likeness (QED) is 0.846. The zero-order valence-electron chi connectivity index (χ0n) is 13.4. The molecule has 1 heterocycles. The lowest BCUT2D eigenvalue weighted by Crippen LogP contribution is -2.43. The molecule has 0 aliphatic carbocycles. The maximum absolute atomic E-state index is 12.2. The van der Waals surface area contributed by atoms with Crippen LogP contribution in [0.1, 0.15) is 51.2 Å². The average Bonchev–Trinajstić information content (AvgIpc) is 2.57. The highest BCUT2D eigenvalue weighted by Gasteiger charge is 2.28. The zero-order chi connectivity index (χ0) is 16.1. The van der Waals surface area contributed by atoms with Crippen molar-refractivity contribution in [1.29, 1.82) is 0 Å². The first kappa shape index (κ1) is 16.8. The number of rotatable bonds is 6. The molecule has 2 atom stereocenters. The number of ether oxygens (including phenoxy) is 1. The summed E-state index contributed by atoms with van der Waals surface area (Å²) in [4.78, 5) is 14.0. The lowest BCUT2D eigenvalue weighted by atomic mass is 10.0. The number of benzene rings is 1. The van der Waals surface area contributed by atoms with E-state index in [0.717, 1.165) is 29.8 Å². The third kappa shape index (κ3) is 3.59. The molecule has 1 aromatic carbocycles. The van der Waals surface area contributed by atoms with Gasteiger partial charge in [0.1, 0.15) is 11.9 Å². The highest BCUT2D eigenvalue weighted by molar-refractivity contribution is 5.95. The van der Waals surface area contributed by atoms with Crippen LogP contribution in [-0.4, -0.2) is 30.2 Å². The summed E-state index contributed by atoms with van der Waals surface area (Å²) in [5, 5.41) is 10.2. The predicted molar refractivity (Wildman–Crippen MR) is 87.0 cm³/mol. The second-order valence-electron chi connectivity index (χ2n) is 5.68. The minimum atomic E-state index is -0.559. The summed E-state index contributed by atoms with van der Waals surface area (Å²) in [5.41, 5.74) is 7.06. The Morgan fingerprint density at radius 2 is 2.27 bits per heavy atom. The monoisotopic (exact) mass is 306 g/mol. The van der Waals surface area contributed by atoms with Crippen LogP contribution in [0.5, 0.6) is 5.75 Å². The summed E-state index contributed by atoms with van der Waals surface area (Å²) in [7, 11) is 0. The molecule has 0 saturated carbocycles. The number of aliphatic hydroxyl groups is 1. The Morgan fingerprint density at radius 1 is 1.50 bits per heavy atom. The van der Waals surface area contributed by atoms with Crippen LogP contribution < -0.4 is 15.4 Å². The van der Waals surface area contributed by atoms with Crippen LogP contribution in [0.25, 0.3) is 0 Å². The molecule has 2 rings (SSSR count). The third-order valence-electron chi connectivity index (χ3n) is 4.08. The van der Waals surface area contributed by atoms with Gasteiger partial charge in [0.15, 0.2) is 0 Å². The number of nitrogens with two attached hydrogens (primary N) is 1. The fourth-order valence-corrected chi connectivity index (χ4v) is 2.69. The number of carbonyl (C=O) groups is 1. The van der Waals surface area contributed by atoms with Crippen molar-refractivity contribution in [2.24, 2.45) is 5.73 Å². The van der Waals surface area contributed by atoms with E-state index in [1.165, 1.54) is 0 Å². The SMILES string of the molecule is CCC(=O)N1CC(CC)Oc2ccc(C(O)CCCN)cc21. The summed E-state index contributed by atoms with van der Waals surface area (Å²) in [5.74, 6) is 0.797. The summed E-state index contributed by atoms with van der Waals surface area (Å²) < 4.78 is 5.93. The molecular weight excluding hydrogens is 280 g/mol. The molecule has 122 valence electrons. The smallest absolute Gasteiger partial charge is 0.226 e. The first-order valence-corrected chi connectivity index (χ1v) is 8.09. The van der Waals surface area contributed by atoms with Crippen molar-refractivity contribution < 1.29 is 14.6 Å². The Bertz CT molecular complexity index is 519. The van der Waals surface area contributed by atoms with E-state index in [-0.39, 0.29) is 12.0 Å². The van der Waals surface area contributed by atoms with Gasteiger partial charge in [-0.25, -0.2) is 0 Å². The minimum absolute atomic E-state index is 0.0241. The van der Waals surface area contributed by atoms with Crippen LogP contribution in [0.4, 0.5) is 5.69 Å². The molecule has 1 amide bonds. The topological polar surface area (TPSA) is 75.8 Å². The van der Waals surface area contributed by atoms with Crippen LogP contribution in [0.2, 0.25) is 0 Å². The van der Waals surface area contributed by atoms with Crippen LogP contribution in [0.3, 0.4) is 0 Å². The molecule has 1 aliphatic heterocycles. The van der Waals surface area contributed by atoms with Crippen LogP contribution in [-0.2, 0) is 4.79 Å². The van der Waals surface area contributed by atoms with Gasteiger partial charge >= 0.3 is 0 Å². The number of nitrogens with zero attached hydrogens (tertiary/aromatic N) is 1. The largest absolute Gasteiger partial charge is 0.486 e. The van der Waals surface area contributed by atoms with E-state index in [1.54, 1.807) is 4.90 Å². The molecule has 3 N–H and O–H groups in total. The molecule has 2 unspecified atom stereocenters. The Hall–Kier alpha value is -1.59. The van der Waals surface area contributed by atoms with Crippen molar-refractivity contribution in [3.8, 4) is 5.75 Å². The number of fused-ring (bicyclic) bond motifs is 1. The van der Waals surface area contributed by atoms with Gasteiger partial charge in [-0.1, -0.05) is 19.9 Å². The highest BCUT2D eigenvalue weighted by atomic mass is 16.5. The number of aliphatic hydroxyl groups excluding tert-OH is 1. The summed E-state index contributed by atoms with van der Waals surface area (Å²) >= 11 is 0. The van der Waals surface area contributed by atoms with Crippen LogP contribution in [0, 0.1) is 0 Å². The maximum Gasteiger partial charge on any atom is 0.226 e. The standard InChI is InChI=1S/C17H26N2O3/c1-3-13-11-19(17(21)4-2)14-10-12(7-8-16(14)22-13)15(20)6-5-9-18/h7-8,10,13,15,20H,3-6,9,11,18H2,1-2H3. The first-order chi connectivity index (χ1) is 10.6. The second kappa shape index (κ2) is 7.61. The number of amides is 1. The highest BCUT2D eigenvalue weighted by Crippen LogP contribution is 2.37. The lowest BCUT2D eigenvalue weighted by molar-refractivity contribution is -0.118. The fraction of sp³-hybridized carbons (Fsp3) is 0.588. The predicted octanol–water partition coefficient (Wildman–Crippen LogP) is 2.37. The van der Waals surface area contributed by atoms with Gasteiger partial charge in [0.2, 0.25) is 5.91 Å². The van der Waals surface area contributed by atoms with Crippen molar-refractivity contribution in [1.82, 2.24) is 0 Å². The van der Waals surface area contributed by atoms with E-state index in [4.69, 9.17) is 10.5 Å². The van der Waals surface area contributed by atoms with Crippen molar-refractivity contribution in [2.45, 2.75) is 51.7 Å². The maximum atomic E-state index is 12.2. The molecule has 1 aromatic rings. The molecule has 1 aliphatic rings. The number of carbonyl (C=O) groups excluding carboxylic acids is 1. The van der Waals surface area contributed by atoms with Gasteiger partial charge in [0.25, 0.3) is 0 Å². The number of hydrogen-bond donors (Lipinski definition) is 2. The van der Waals surface area contributed by atoms with Crippen molar-refractivity contribution in [2.75, 3.05) is 18.0 Å². The van der Waals surface area contributed by atoms with Gasteiger partial charge in [0, 0.05) is 6.42 Å². The van der Waals surface area contributed by atoms with Gasteiger partial charge in [-0.15, -0.1) is 0 Å². The molecule has 0 fully saturated rings. The molecule has 0 bridgehead atoms. The summed E-state index contributed by atoms with van der Waals surface area (Å²) in [6, 6.07) is 5.59. The van der Waals surface area contributed by atoms with E-state index in [1.807, 2.05) is 25.1 Å². The van der Waals surface area contributed by atoms with Gasteiger partial charge in [-0.2, -0.15) is 0 Å². The van der Waals surface area contributed by atoms with Crippen LogP contribution >= 0.6 is 0 Å². The van der Waals surface area contributed by atoms with E-state index in [2.05, 4.69) is 6.92 Å². The Balaban J connectivity index is 2.30. The van der Waals surface area contributed by atoms with Crippen LogP contribution in [0.15, 0.2) is 18.2 Å². The molecule has 5 heteroatoms. The fourth-order valence-electron chi connectivity index (χ4n) is 2.69. The Morgan fingerprint density at radius 3 is 2.91 bits per heavy atom. The summed E-state index contributed by atoms with van der Waals surface area (Å²) in [6.45, 7) is 5.04. The van der Waals surface area contributed by atoms with Gasteiger partial charge in [-0.05, 0) is 43.5 Å². The third-order valence-corrected chi connectivity index (χ3v) is 4.08. The summed E-state index contributed by atoms with van der Waals surface area (Å²) in [6.07, 6.45) is 2.16. The van der Waals surface area contributed by atoms with Crippen molar-refractivity contribution in [3.05, 3.63) is 23.8 Å². The second-order valence-corrected chi connectivity index (χ2v) is 5.68. The van der Waals surface area contributed by atoms with E-state index in [0.29, 0.717) is 25.9 Å². The van der Waals surface area contributed by atoms with E-state index >= 15 is 0 Å². The molecular formula is C17H26N2O3. The van der Waals surface area contributed by atoms with Gasteiger partial charge < -0.3 is 20.5 Å². The first-order valence-electron chi connectivity index (χ1n) is 8.09. The normalized spacial score (nSPS) is 18.5. The molecule has 22 heavy (non-hydrogen) atoms. The number of anilines is 1. The Labute approximate surface area is 132 Å². The van der Waals surface area contributed by atoms with Crippen molar-refractivity contribution in [3.63, 3.8) is 0 Å². The van der Waals surface area contributed by atoms with E-state index in [9.17, 15) is 9.90 Å². The molecule has 0 radical (unpaired) electrons. The lowest BCUT2D eigenvalue weighted by Gasteiger charge is -2.35.